The molecule has 2 nitrogen and oxygen atoms in total. The summed E-state index contributed by atoms with van der Waals surface area (Å²) in [5, 5.41) is 1.87. The predicted molar refractivity (Wildman–Crippen MR) is 58.6 cm³/mol. The summed E-state index contributed by atoms with van der Waals surface area (Å²) in [7, 11) is 0. The molecule has 0 saturated carbocycles. The third-order valence-corrected chi connectivity index (χ3v) is 2.79. The van der Waals surface area contributed by atoms with E-state index in [1.807, 2.05) is 31.4 Å². The molecule has 1 aromatic rings. The lowest BCUT2D eigenvalue weighted by Gasteiger charge is -2.02. The van der Waals surface area contributed by atoms with Crippen LogP contribution in [-0.2, 0) is 4.74 Å². The van der Waals surface area contributed by atoms with Gasteiger partial charge in [0.05, 0.1) is 6.61 Å². The van der Waals surface area contributed by atoms with Gasteiger partial charge in [0.25, 0.3) is 0 Å². The number of ether oxygens (including phenoxy) is 1. The number of hydrogen-bond donors (Lipinski definition) is 0. The van der Waals surface area contributed by atoms with Crippen LogP contribution in [-0.4, -0.2) is 12.6 Å². The Morgan fingerprint density at radius 2 is 2.43 bits per heavy atom. The molecule has 0 N–H and O–H groups in total. The highest BCUT2D eigenvalue weighted by Crippen LogP contribution is 2.10. The molecule has 0 spiro atoms. The SMILES string of the molecule is C/C=C(/C)CCOC(=O)c1cccs1. The van der Waals surface area contributed by atoms with E-state index in [0.29, 0.717) is 11.5 Å². The molecule has 14 heavy (non-hydrogen) atoms. The monoisotopic (exact) mass is 210 g/mol. The lowest BCUT2D eigenvalue weighted by molar-refractivity contribution is 0.0515. The van der Waals surface area contributed by atoms with Gasteiger partial charge in [0.2, 0.25) is 0 Å². The molecule has 3 heteroatoms. The summed E-state index contributed by atoms with van der Waals surface area (Å²) >= 11 is 1.41. The van der Waals surface area contributed by atoms with E-state index in [9.17, 15) is 4.79 Å². The number of thiophene rings is 1. The summed E-state index contributed by atoms with van der Waals surface area (Å²) in [5.41, 5.74) is 1.24. The topological polar surface area (TPSA) is 26.3 Å². The molecule has 0 atom stereocenters. The Kier molecular flexibility index (Phi) is 4.40. The molecule has 0 unspecified atom stereocenters. The van der Waals surface area contributed by atoms with Gasteiger partial charge in [-0.2, -0.15) is 0 Å². The maximum Gasteiger partial charge on any atom is 0.348 e. The maximum atomic E-state index is 11.3. The summed E-state index contributed by atoms with van der Waals surface area (Å²) in [6.45, 7) is 4.47. The van der Waals surface area contributed by atoms with Crippen molar-refractivity contribution in [2.24, 2.45) is 0 Å². The summed E-state index contributed by atoms with van der Waals surface area (Å²) in [4.78, 5) is 12.0. The van der Waals surface area contributed by atoms with Crippen molar-refractivity contribution in [3.05, 3.63) is 34.0 Å². The van der Waals surface area contributed by atoms with Crippen molar-refractivity contribution in [3.8, 4) is 0 Å². The van der Waals surface area contributed by atoms with Crippen molar-refractivity contribution in [2.45, 2.75) is 20.3 Å². The van der Waals surface area contributed by atoms with E-state index in [1.54, 1.807) is 6.07 Å². The smallest absolute Gasteiger partial charge is 0.348 e. The van der Waals surface area contributed by atoms with Gasteiger partial charge in [0.15, 0.2) is 0 Å². The molecular weight excluding hydrogens is 196 g/mol. The van der Waals surface area contributed by atoms with Crippen molar-refractivity contribution in [3.63, 3.8) is 0 Å². The van der Waals surface area contributed by atoms with E-state index in [1.165, 1.54) is 16.9 Å². The van der Waals surface area contributed by atoms with Gasteiger partial charge in [-0.1, -0.05) is 17.7 Å². The van der Waals surface area contributed by atoms with Crippen LogP contribution in [0.5, 0.6) is 0 Å². The van der Waals surface area contributed by atoms with Crippen molar-refractivity contribution in [1.82, 2.24) is 0 Å². The zero-order valence-electron chi connectivity index (χ0n) is 8.45. The highest BCUT2D eigenvalue weighted by molar-refractivity contribution is 7.11. The molecule has 0 amide bonds. The summed E-state index contributed by atoms with van der Waals surface area (Å²) < 4.78 is 5.09. The first kappa shape index (κ1) is 11.0. The van der Waals surface area contributed by atoms with Crippen LogP contribution >= 0.6 is 11.3 Å². The van der Waals surface area contributed by atoms with Crippen LogP contribution in [0.15, 0.2) is 29.2 Å². The quantitative estimate of drug-likeness (QED) is 0.563. The Balaban J connectivity index is 2.29. The Morgan fingerprint density at radius 1 is 1.64 bits per heavy atom. The van der Waals surface area contributed by atoms with E-state index in [0.717, 1.165) is 6.42 Å². The number of esters is 1. The fourth-order valence-electron chi connectivity index (χ4n) is 0.915. The van der Waals surface area contributed by atoms with E-state index in [2.05, 4.69) is 0 Å². The average molecular weight is 210 g/mol. The predicted octanol–water partition coefficient (Wildman–Crippen LogP) is 3.26. The normalized spacial score (nSPS) is 11.4. The highest BCUT2D eigenvalue weighted by Gasteiger charge is 2.06. The van der Waals surface area contributed by atoms with Crippen molar-refractivity contribution in [2.75, 3.05) is 6.61 Å². The van der Waals surface area contributed by atoms with Gasteiger partial charge in [0, 0.05) is 6.42 Å². The third kappa shape index (κ3) is 3.34. The van der Waals surface area contributed by atoms with Gasteiger partial charge in [-0.25, -0.2) is 4.79 Å². The molecule has 1 aromatic heterocycles. The molecule has 76 valence electrons. The van der Waals surface area contributed by atoms with E-state index >= 15 is 0 Å². The summed E-state index contributed by atoms with van der Waals surface area (Å²) in [5.74, 6) is -0.219. The molecular formula is C11H14O2S. The van der Waals surface area contributed by atoms with Gasteiger partial charge >= 0.3 is 5.97 Å². The number of rotatable bonds is 4. The molecule has 0 saturated heterocycles. The molecule has 0 aromatic carbocycles. The lowest BCUT2D eigenvalue weighted by atomic mass is 10.2. The molecule has 0 aliphatic rings. The van der Waals surface area contributed by atoms with Crippen LogP contribution in [0, 0.1) is 0 Å². The maximum absolute atomic E-state index is 11.3. The molecule has 0 radical (unpaired) electrons. The number of carbonyl (C=O) groups excluding carboxylic acids is 1. The first-order valence-corrected chi connectivity index (χ1v) is 5.44. The second-order valence-electron chi connectivity index (χ2n) is 3.00. The van der Waals surface area contributed by atoms with Gasteiger partial charge in [0.1, 0.15) is 4.88 Å². The van der Waals surface area contributed by atoms with Gasteiger partial charge in [-0.3, -0.25) is 0 Å². The zero-order chi connectivity index (χ0) is 10.4. The van der Waals surface area contributed by atoms with Crippen LogP contribution in [0.4, 0.5) is 0 Å². The second kappa shape index (κ2) is 5.60. The van der Waals surface area contributed by atoms with E-state index < -0.39 is 0 Å². The minimum atomic E-state index is -0.219. The minimum Gasteiger partial charge on any atom is -0.461 e. The van der Waals surface area contributed by atoms with Crippen molar-refractivity contribution in [1.29, 1.82) is 0 Å². The Morgan fingerprint density at radius 3 is 3.00 bits per heavy atom. The van der Waals surface area contributed by atoms with Crippen LogP contribution in [0.25, 0.3) is 0 Å². The average Bonchev–Trinajstić information content (AvgIpc) is 2.70. The number of allylic oxidation sites excluding steroid dienone is 1. The Labute approximate surface area is 88.2 Å². The Bertz CT molecular complexity index is 312. The van der Waals surface area contributed by atoms with Crippen molar-refractivity contribution >= 4 is 17.3 Å². The van der Waals surface area contributed by atoms with E-state index in [-0.39, 0.29) is 5.97 Å². The van der Waals surface area contributed by atoms with Crippen LogP contribution in [0.3, 0.4) is 0 Å². The third-order valence-electron chi connectivity index (χ3n) is 1.94. The fraction of sp³-hybridized carbons (Fsp3) is 0.364. The number of hydrogen-bond acceptors (Lipinski definition) is 3. The summed E-state index contributed by atoms with van der Waals surface area (Å²) in [6, 6.07) is 3.62. The molecule has 1 rings (SSSR count). The van der Waals surface area contributed by atoms with E-state index in [4.69, 9.17) is 4.74 Å². The van der Waals surface area contributed by atoms with Gasteiger partial charge < -0.3 is 4.74 Å². The second-order valence-corrected chi connectivity index (χ2v) is 3.95. The minimum absolute atomic E-state index is 0.219. The fourth-order valence-corrected chi connectivity index (χ4v) is 1.53. The molecule has 0 bridgehead atoms. The largest absolute Gasteiger partial charge is 0.461 e. The van der Waals surface area contributed by atoms with Gasteiger partial charge in [-0.15, -0.1) is 11.3 Å². The lowest BCUT2D eigenvalue weighted by Crippen LogP contribution is -2.04. The summed E-state index contributed by atoms with van der Waals surface area (Å²) in [6.07, 6.45) is 2.84. The first-order chi connectivity index (χ1) is 6.74. The first-order valence-electron chi connectivity index (χ1n) is 4.56. The highest BCUT2D eigenvalue weighted by atomic mass is 32.1. The van der Waals surface area contributed by atoms with Crippen molar-refractivity contribution < 1.29 is 9.53 Å². The molecule has 1 heterocycles. The van der Waals surface area contributed by atoms with Crippen LogP contribution in [0.2, 0.25) is 0 Å². The molecule has 0 aliphatic carbocycles. The Hall–Kier alpha value is -1.09. The molecule has 0 fully saturated rings. The van der Waals surface area contributed by atoms with Crippen LogP contribution < -0.4 is 0 Å². The van der Waals surface area contributed by atoms with Gasteiger partial charge in [-0.05, 0) is 25.3 Å². The number of carbonyl (C=O) groups is 1. The van der Waals surface area contributed by atoms with Crippen LogP contribution in [0.1, 0.15) is 29.9 Å². The zero-order valence-corrected chi connectivity index (χ0v) is 9.26. The standard InChI is InChI=1S/C11H14O2S/c1-3-9(2)6-7-13-11(12)10-5-4-8-14-10/h3-5,8H,6-7H2,1-2H3/b9-3-. The molecule has 0 aliphatic heterocycles.